The van der Waals surface area contributed by atoms with Gasteiger partial charge in [-0.1, -0.05) is 60.4 Å². The average Bonchev–Trinajstić information content (AvgIpc) is 2.94. The van der Waals surface area contributed by atoms with E-state index in [0.717, 1.165) is 11.1 Å². The van der Waals surface area contributed by atoms with Crippen LogP contribution in [0.15, 0.2) is 53.4 Å². The molecule has 1 aliphatic heterocycles. The number of para-hydroxylation sites is 1. The summed E-state index contributed by atoms with van der Waals surface area (Å²) in [6.45, 7) is 2.74. The second-order valence-corrected chi connectivity index (χ2v) is 7.20. The predicted molar refractivity (Wildman–Crippen MR) is 107 cm³/mol. The molecule has 3 rings (SSSR count). The molecule has 0 spiro atoms. The molecule has 1 heterocycles. The quantitative estimate of drug-likeness (QED) is 0.570. The number of ether oxygens (including phenoxy) is 1. The molecule has 0 saturated carbocycles. The zero-order valence-electron chi connectivity index (χ0n) is 14.1. The summed E-state index contributed by atoms with van der Waals surface area (Å²) in [7, 11) is 0. The van der Waals surface area contributed by atoms with Gasteiger partial charge in [-0.05, 0) is 25.1 Å². The smallest absolute Gasteiger partial charge is 0.266 e. The van der Waals surface area contributed by atoms with Gasteiger partial charge in [0.2, 0.25) is 0 Å². The number of amides is 1. The van der Waals surface area contributed by atoms with Crippen molar-refractivity contribution in [2.24, 2.45) is 0 Å². The van der Waals surface area contributed by atoms with Crippen LogP contribution in [0.3, 0.4) is 0 Å². The van der Waals surface area contributed by atoms with Crippen LogP contribution >= 0.6 is 24.0 Å². The minimum atomic E-state index is -0.0767. The SMILES string of the molecule is CCN1C(=O)/C(=C/c2ccccc2OCc2ccccc2C#N)SC1=S. The van der Waals surface area contributed by atoms with Crippen LogP contribution in [0, 0.1) is 11.3 Å². The zero-order chi connectivity index (χ0) is 18.5. The van der Waals surface area contributed by atoms with E-state index >= 15 is 0 Å². The van der Waals surface area contributed by atoms with E-state index in [2.05, 4.69) is 6.07 Å². The van der Waals surface area contributed by atoms with Crippen LogP contribution in [-0.4, -0.2) is 21.7 Å². The van der Waals surface area contributed by atoms with Crippen LogP contribution in [0.4, 0.5) is 0 Å². The molecule has 1 saturated heterocycles. The van der Waals surface area contributed by atoms with Crippen molar-refractivity contribution in [3.63, 3.8) is 0 Å². The highest BCUT2D eigenvalue weighted by atomic mass is 32.2. The van der Waals surface area contributed by atoms with Crippen molar-refractivity contribution < 1.29 is 9.53 Å². The molecule has 0 aromatic heterocycles. The Balaban J connectivity index is 1.83. The van der Waals surface area contributed by atoms with Gasteiger partial charge in [0.05, 0.1) is 16.5 Å². The topological polar surface area (TPSA) is 53.3 Å². The number of thiocarbonyl (C=S) groups is 1. The molecule has 0 atom stereocenters. The number of nitrogens with zero attached hydrogens (tertiary/aromatic N) is 2. The summed E-state index contributed by atoms with van der Waals surface area (Å²) in [6, 6.07) is 17.0. The number of thioether (sulfide) groups is 1. The lowest BCUT2D eigenvalue weighted by atomic mass is 10.1. The molecule has 0 N–H and O–H groups in total. The van der Waals surface area contributed by atoms with Gasteiger partial charge in [0, 0.05) is 17.7 Å². The third kappa shape index (κ3) is 3.79. The van der Waals surface area contributed by atoms with Gasteiger partial charge in [0.15, 0.2) is 0 Å². The Labute approximate surface area is 162 Å². The normalized spacial score (nSPS) is 15.4. The van der Waals surface area contributed by atoms with Crippen LogP contribution < -0.4 is 4.74 Å². The molecule has 0 radical (unpaired) electrons. The van der Waals surface area contributed by atoms with Crippen LogP contribution in [0.5, 0.6) is 5.75 Å². The van der Waals surface area contributed by atoms with E-state index in [1.165, 1.54) is 11.8 Å². The summed E-state index contributed by atoms with van der Waals surface area (Å²) in [5.41, 5.74) is 2.22. The lowest BCUT2D eigenvalue weighted by Gasteiger charge is -2.11. The number of carbonyl (C=O) groups excluding carboxylic acids is 1. The third-order valence-electron chi connectivity index (χ3n) is 3.92. The summed E-state index contributed by atoms with van der Waals surface area (Å²) >= 11 is 6.55. The molecular formula is C20H16N2O2S2. The summed E-state index contributed by atoms with van der Waals surface area (Å²) in [5.74, 6) is 0.578. The lowest BCUT2D eigenvalue weighted by Crippen LogP contribution is -2.27. The summed E-state index contributed by atoms with van der Waals surface area (Å²) in [5, 5.41) is 9.19. The highest BCUT2D eigenvalue weighted by molar-refractivity contribution is 8.26. The highest BCUT2D eigenvalue weighted by Gasteiger charge is 2.30. The van der Waals surface area contributed by atoms with Gasteiger partial charge in [0.1, 0.15) is 16.7 Å². The van der Waals surface area contributed by atoms with Crippen molar-refractivity contribution >= 4 is 40.3 Å². The molecule has 0 unspecified atom stereocenters. The summed E-state index contributed by atoms with van der Waals surface area (Å²) in [4.78, 5) is 14.6. The van der Waals surface area contributed by atoms with Gasteiger partial charge in [-0.15, -0.1) is 0 Å². The molecule has 1 amide bonds. The third-order valence-corrected chi connectivity index (χ3v) is 5.29. The first-order valence-corrected chi connectivity index (χ1v) is 9.31. The van der Waals surface area contributed by atoms with E-state index in [1.54, 1.807) is 17.0 Å². The van der Waals surface area contributed by atoms with Crippen LogP contribution in [0.2, 0.25) is 0 Å². The number of carbonyl (C=O) groups is 1. The molecule has 2 aromatic rings. The largest absolute Gasteiger partial charge is 0.488 e. The Kier molecular flexibility index (Phi) is 5.71. The predicted octanol–water partition coefficient (Wildman–Crippen LogP) is 4.36. The zero-order valence-corrected chi connectivity index (χ0v) is 15.8. The first kappa shape index (κ1) is 18.2. The molecule has 1 fully saturated rings. The fourth-order valence-electron chi connectivity index (χ4n) is 2.56. The number of likely N-dealkylation sites (N-methyl/N-ethyl adjacent to an activating group) is 1. The van der Waals surface area contributed by atoms with Crippen molar-refractivity contribution in [1.29, 1.82) is 5.26 Å². The van der Waals surface area contributed by atoms with Gasteiger partial charge in [-0.25, -0.2) is 0 Å². The Bertz CT molecular complexity index is 931. The molecule has 2 aromatic carbocycles. The average molecular weight is 380 g/mol. The van der Waals surface area contributed by atoms with E-state index in [1.807, 2.05) is 49.4 Å². The highest BCUT2D eigenvalue weighted by Crippen LogP contribution is 2.34. The maximum atomic E-state index is 12.4. The Morgan fingerprint density at radius 2 is 1.96 bits per heavy atom. The molecule has 26 heavy (non-hydrogen) atoms. The van der Waals surface area contributed by atoms with Gasteiger partial charge in [0.25, 0.3) is 5.91 Å². The number of hydrogen-bond acceptors (Lipinski definition) is 5. The fourth-order valence-corrected chi connectivity index (χ4v) is 3.93. The minimum absolute atomic E-state index is 0.0767. The van der Waals surface area contributed by atoms with E-state index in [9.17, 15) is 10.1 Å². The maximum Gasteiger partial charge on any atom is 0.266 e. The number of nitriles is 1. The van der Waals surface area contributed by atoms with Gasteiger partial charge < -0.3 is 4.74 Å². The number of benzene rings is 2. The van der Waals surface area contributed by atoms with Crippen molar-refractivity contribution in [1.82, 2.24) is 4.90 Å². The van der Waals surface area contributed by atoms with Crippen molar-refractivity contribution in [2.45, 2.75) is 13.5 Å². The molecule has 130 valence electrons. The van der Waals surface area contributed by atoms with Crippen molar-refractivity contribution in [3.8, 4) is 11.8 Å². The number of rotatable bonds is 5. The molecule has 6 heteroatoms. The van der Waals surface area contributed by atoms with Crippen molar-refractivity contribution in [2.75, 3.05) is 6.54 Å². The van der Waals surface area contributed by atoms with E-state index in [0.29, 0.717) is 27.1 Å². The first-order chi connectivity index (χ1) is 12.6. The fraction of sp³-hybridized carbons (Fsp3) is 0.150. The van der Waals surface area contributed by atoms with Crippen LogP contribution in [-0.2, 0) is 11.4 Å². The second kappa shape index (κ2) is 8.17. The van der Waals surface area contributed by atoms with Crippen molar-refractivity contribution in [3.05, 3.63) is 70.1 Å². The van der Waals surface area contributed by atoms with Gasteiger partial charge >= 0.3 is 0 Å². The van der Waals surface area contributed by atoms with E-state index < -0.39 is 0 Å². The Morgan fingerprint density at radius 3 is 2.69 bits per heavy atom. The van der Waals surface area contributed by atoms with Crippen LogP contribution in [0.25, 0.3) is 6.08 Å². The minimum Gasteiger partial charge on any atom is -0.488 e. The Hall–Kier alpha value is -2.62. The number of hydrogen-bond donors (Lipinski definition) is 0. The lowest BCUT2D eigenvalue weighted by molar-refractivity contribution is -0.121. The monoisotopic (exact) mass is 380 g/mol. The summed E-state index contributed by atoms with van der Waals surface area (Å²) < 4.78 is 6.50. The standard InChI is InChI=1S/C20H16N2O2S2/c1-2-22-19(23)18(26-20(22)25)11-14-7-5-6-10-17(14)24-13-16-9-4-3-8-15(16)12-21/h3-11H,2,13H2,1H3/b18-11-. The van der Waals surface area contributed by atoms with Gasteiger partial charge in [-0.2, -0.15) is 5.26 Å². The van der Waals surface area contributed by atoms with E-state index in [4.69, 9.17) is 17.0 Å². The second-order valence-electron chi connectivity index (χ2n) is 5.52. The maximum absolute atomic E-state index is 12.4. The molecule has 0 aliphatic carbocycles. The first-order valence-electron chi connectivity index (χ1n) is 8.09. The summed E-state index contributed by atoms with van der Waals surface area (Å²) in [6.07, 6.45) is 1.81. The van der Waals surface area contributed by atoms with E-state index in [-0.39, 0.29) is 12.5 Å². The Morgan fingerprint density at radius 1 is 1.23 bits per heavy atom. The molecule has 4 nitrogen and oxygen atoms in total. The molecule has 1 aliphatic rings. The molecular weight excluding hydrogens is 364 g/mol. The van der Waals surface area contributed by atoms with Gasteiger partial charge in [-0.3, -0.25) is 9.69 Å². The molecule has 0 bridgehead atoms. The van der Waals surface area contributed by atoms with Crippen LogP contribution in [0.1, 0.15) is 23.6 Å².